The van der Waals surface area contributed by atoms with Crippen molar-refractivity contribution < 1.29 is 14.7 Å². The number of hydrogen-bond acceptors (Lipinski definition) is 3. The molecule has 96 valence electrons. The number of aromatic carboxylic acids is 1. The number of amides is 1. The molecule has 0 saturated carbocycles. The van der Waals surface area contributed by atoms with Crippen molar-refractivity contribution in [1.29, 1.82) is 0 Å². The highest BCUT2D eigenvalue weighted by Gasteiger charge is 2.23. The highest BCUT2D eigenvalue weighted by molar-refractivity contribution is 5.90. The fraction of sp³-hybridized carbons (Fsp3) is 0.385. The van der Waals surface area contributed by atoms with Crippen molar-refractivity contribution in [1.82, 2.24) is 4.90 Å². The second-order valence-corrected chi connectivity index (χ2v) is 4.35. The Labute approximate surface area is 105 Å². The first-order valence-corrected chi connectivity index (χ1v) is 5.95. The van der Waals surface area contributed by atoms with Crippen LogP contribution in [0.3, 0.4) is 0 Å². The molecule has 1 aliphatic heterocycles. The van der Waals surface area contributed by atoms with Gasteiger partial charge in [-0.3, -0.25) is 4.79 Å². The van der Waals surface area contributed by atoms with Crippen LogP contribution in [0.4, 0.5) is 0 Å². The second-order valence-electron chi connectivity index (χ2n) is 4.35. The summed E-state index contributed by atoms with van der Waals surface area (Å²) in [6.45, 7) is 1.39. The lowest BCUT2D eigenvalue weighted by atomic mass is 9.94. The van der Waals surface area contributed by atoms with Crippen LogP contribution in [-0.4, -0.2) is 35.0 Å². The van der Waals surface area contributed by atoms with E-state index in [0.717, 1.165) is 11.1 Å². The molecular formula is C13H16N2O3. The molecule has 1 aromatic carbocycles. The van der Waals surface area contributed by atoms with Crippen molar-refractivity contribution in [2.75, 3.05) is 13.1 Å². The van der Waals surface area contributed by atoms with Crippen molar-refractivity contribution in [3.8, 4) is 0 Å². The van der Waals surface area contributed by atoms with Crippen LogP contribution in [0.5, 0.6) is 0 Å². The third-order valence-corrected chi connectivity index (χ3v) is 3.21. The van der Waals surface area contributed by atoms with Gasteiger partial charge in [0.25, 0.3) is 0 Å². The third-order valence-electron chi connectivity index (χ3n) is 3.21. The summed E-state index contributed by atoms with van der Waals surface area (Å²) in [6, 6.07) is 5.21. The summed E-state index contributed by atoms with van der Waals surface area (Å²) in [5.41, 5.74) is 7.49. The number of carbonyl (C=O) groups is 2. The molecule has 18 heavy (non-hydrogen) atoms. The van der Waals surface area contributed by atoms with Gasteiger partial charge in [-0.2, -0.15) is 0 Å². The monoisotopic (exact) mass is 248 g/mol. The summed E-state index contributed by atoms with van der Waals surface area (Å²) < 4.78 is 0. The van der Waals surface area contributed by atoms with Crippen LogP contribution < -0.4 is 5.73 Å². The van der Waals surface area contributed by atoms with E-state index in [2.05, 4.69) is 0 Å². The average Bonchev–Trinajstić information content (AvgIpc) is 2.37. The summed E-state index contributed by atoms with van der Waals surface area (Å²) in [5, 5.41) is 9.10. The molecule has 0 radical (unpaired) electrons. The largest absolute Gasteiger partial charge is 0.478 e. The van der Waals surface area contributed by atoms with Gasteiger partial charge in [0.2, 0.25) is 5.91 Å². The zero-order chi connectivity index (χ0) is 13.1. The molecule has 3 N–H and O–H groups in total. The molecule has 0 fully saturated rings. The SMILES string of the molecule is NCCC(=O)N1CCc2c(cccc2C(=O)O)C1. The number of nitrogens with zero attached hydrogens (tertiary/aromatic N) is 1. The predicted octanol–water partition coefficient (Wildman–Crippen LogP) is 0.618. The van der Waals surface area contributed by atoms with E-state index in [1.165, 1.54) is 0 Å². The highest BCUT2D eigenvalue weighted by Crippen LogP contribution is 2.23. The fourth-order valence-corrected chi connectivity index (χ4v) is 2.30. The minimum atomic E-state index is -0.909. The number of benzene rings is 1. The number of carbonyl (C=O) groups excluding carboxylic acids is 1. The lowest BCUT2D eigenvalue weighted by Crippen LogP contribution is -2.37. The van der Waals surface area contributed by atoms with Gasteiger partial charge in [-0.05, 0) is 23.6 Å². The Bertz CT molecular complexity index is 485. The summed E-state index contributed by atoms with van der Waals surface area (Å²) in [4.78, 5) is 24.6. The Morgan fingerprint density at radius 2 is 2.17 bits per heavy atom. The van der Waals surface area contributed by atoms with Gasteiger partial charge in [-0.25, -0.2) is 4.79 Å². The van der Waals surface area contributed by atoms with E-state index >= 15 is 0 Å². The van der Waals surface area contributed by atoms with Gasteiger partial charge in [-0.15, -0.1) is 0 Å². The molecule has 0 bridgehead atoms. The van der Waals surface area contributed by atoms with Gasteiger partial charge in [-0.1, -0.05) is 12.1 Å². The van der Waals surface area contributed by atoms with Crippen molar-refractivity contribution >= 4 is 11.9 Å². The minimum absolute atomic E-state index is 0.0314. The van der Waals surface area contributed by atoms with Crippen LogP contribution in [0.15, 0.2) is 18.2 Å². The van der Waals surface area contributed by atoms with E-state index in [-0.39, 0.29) is 5.91 Å². The topological polar surface area (TPSA) is 83.6 Å². The Hall–Kier alpha value is -1.88. The van der Waals surface area contributed by atoms with Crippen molar-refractivity contribution in [2.45, 2.75) is 19.4 Å². The lowest BCUT2D eigenvalue weighted by molar-refractivity contribution is -0.131. The van der Waals surface area contributed by atoms with Gasteiger partial charge < -0.3 is 15.7 Å². The smallest absolute Gasteiger partial charge is 0.335 e. The maximum atomic E-state index is 11.8. The molecule has 2 rings (SSSR count). The molecule has 0 atom stereocenters. The number of carboxylic acid groups (broad SMARTS) is 1. The minimum Gasteiger partial charge on any atom is -0.478 e. The van der Waals surface area contributed by atoms with Crippen molar-refractivity contribution in [3.63, 3.8) is 0 Å². The molecule has 0 spiro atoms. The van der Waals surface area contributed by atoms with E-state index in [1.54, 1.807) is 17.0 Å². The lowest BCUT2D eigenvalue weighted by Gasteiger charge is -2.29. The van der Waals surface area contributed by atoms with Crippen molar-refractivity contribution in [3.05, 3.63) is 34.9 Å². The summed E-state index contributed by atoms with van der Waals surface area (Å²) >= 11 is 0. The molecule has 1 amide bonds. The Morgan fingerprint density at radius 1 is 1.39 bits per heavy atom. The summed E-state index contributed by atoms with van der Waals surface area (Å²) in [5.74, 6) is -0.877. The normalized spacial score (nSPS) is 14.2. The summed E-state index contributed by atoms with van der Waals surface area (Å²) in [7, 11) is 0. The van der Waals surface area contributed by atoms with Gasteiger partial charge >= 0.3 is 5.97 Å². The molecule has 1 aromatic rings. The first kappa shape index (κ1) is 12.6. The van der Waals surface area contributed by atoms with E-state index in [4.69, 9.17) is 10.8 Å². The Morgan fingerprint density at radius 3 is 2.83 bits per heavy atom. The van der Waals surface area contributed by atoms with Crippen LogP contribution in [0.1, 0.15) is 27.9 Å². The predicted molar refractivity (Wildman–Crippen MR) is 66.2 cm³/mol. The second kappa shape index (κ2) is 5.18. The van der Waals surface area contributed by atoms with E-state index in [1.807, 2.05) is 6.07 Å². The Kier molecular flexibility index (Phi) is 3.62. The number of carboxylic acids is 1. The van der Waals surface area contributed by atoms with E-state index < -0.39 is 5.97 Å². The zero-order valence-electron chi connectivity index (χ0n) is 10.1. The number of fused-ring (bicyclic) bond motifs is 1. The average molecular weight is 248 g/mol. The first-order valence-electron chi connectivity index (χ1n) is 5.95. The number of nitrogens with two attached hydrogens (primary N) is 1. The first-order chi connectivity index (χ1) is 8.63. The molecule has 5 nitrogen and oxygen atoms in total. The van der Waals surface area contributed by atoms with Crippen molar-refractivity contribution in [2.24, 2.45) is 5.73 Å². The van der Waals surface area contributed by atoms with Crippen LogP contribution in [0.2, 0.25) is 0 Å². The van der Waals surface area contributed by atoms with Crippen LogP contribution in [-0.2, 0) is 17.8 Å². The van der Waals surface area contributed by atoms with Crippen LogP contribution in [0, 0.1) is 0 Å². The molecular weight excluding hydrogens is 232 g/mol. The highest BCUT2D eigenvalue weighted by atomic mass is 16.4. The molecule has 1 heterocycles. The molecule has 0 unspecified atom stereocenters. The van der Waals surface area contributed by atoms with Crippen LogP contribution >= 0.6 is 0 Å². The quantitative estimate of drug-likeness (QED) is 0.821. The zero-order valence-corrected chi connectivity index (χ0v) is 10.1. The van der Waals surface area contributed by atoms with Crippen LogP contribution in [0.25, 0.3) is 0 Å². The third kappa shape index (κ3) is 2.36. The Balaban J connectivity index is 2.23. The maximum Gasteiger partial charge on any atom is 0.335 e. The molecule has 5 heteroatoms. The maximum absolute atomic E-state index is 11.8. The molecule has 0 aromatic heterocycles. The van der Waals surface area contributed by atoms with Gasteiger partial charge in [0.1, 0.15) is 0 Å². The molecule has 1 aliphatic rings. The number of rotatable bonds is 3. The fourth-order valence-electron chi connectivity index (χ4n) is 2.30. The standard InChI is InChI=1S/C13H16N2O3/c14-6-4-12(16)15-7-5-10-9(8-15)2-1-3-11(10)13(17)18/h1-3H,4-8,14H2,(H,17,18). The van der Waals surface area contributed by atoms with E-state index in [9.17, 15) is 9.59 Å². The molecule has 0 aliphatic carbocycles. The number of hydrogen-bond donors (Lipinski definition) is 2. The van der Waals surface area contributed by atoms with Gasteiger partial charge in [0.15, 0.2) is 0 Å². The van der Waals surface area contributed by atoms with Gasteiger partial charge in [0.05, 0.1) is 5.56 Å². The molecule has 0 saturated heterocycles. The summed E-state index contributed by atoms with van der Waals surface area (Å²) in [6.07, 6.45) is 0.933. The van der Waals surface area contributed by atoms with Gasteiger partial charge in [0, 0.05) is 26.1 Å². The van der Waals surface area contributed by atoms with E-state index in [0.29, 0.717) is 38.0 Å².